The molecule has 0 aliphatic heterocycles. The minimum atomic E-state index is -0.855. The van der Waals surface area contributed by atoms with E-state index in [4.69, 9.17) is 5.73 Å². The topological polar surface area (TPSA) is 65.2 Å². The van der Waals surface area contributed by atoms with Crippen LogP contribution in [-0.2, 0) is 0 Å². The first kappa shape index (κ1) is 9.25. The van der Waals surface area contributed by atoms with Crippen LogP contribution in [0, 0.1) is 0 Å². The second-order valence-corrected chi connectivity index (χ2v) is 2.35. The molecule has 0 atom stereocenters. The summed E-state index contributed by atoms with van der Waals surface area (Å²) >= 11 is 0. The van der Waals surface area contributed by atoms with Gasteiger partial charge in [0, 0.05) is 12.3 Å². The van der Waals surface area contributed by atoms with Gasteiger partial charge in [-0.15, -0.1) is 0 Å². The van der Waals surface area contributed by atoms with Crippen LogP contribution in [0.4, 0.5) is 4.79 Å². The summed E-state index contributed by atoms with van der Waals surface area (Å²) in [7, 11) is 0. The molecule has 0 aromatic carbocycles. The summed E-state index contributed by atoms with van der Waals surface area (Å²) in [5.41, 5.74) is 5.75. The Balaban J connectivity index is 2.75. The highest BCUT2D eigenvalue weighted by molar-refractivity contribution is 5.67. The summed E-state index contributed by atoms with van der Waals surface area (Å²) in [5.74, 6) is 0.209. The molecule has 68 valence electrons. The third-order valence-electron chi connectivity index (χ3n) is 1.32. The number of nitrogens with two attached hydrogens (primary N) is 1. The van der Waals surface area contributed by atoms with Gasteiger partial charge in [-0.2, -0.15) is 0 Å². The van der Waals surface area contributed by atoms with E-state index < -0.39 is 6.09 Å². The van der Waals surface area contributed by atoms with Gasteiger partial charge in [-0.1, -0.05) is 12.2 Å². The monoisotopic (exact) mass is 178 g/mol. The van der Waals surface area contributed by atoms with Crippen LogP contribution < -0.4 is 10.5 Å². The molecule has 0 saturated heterocycles. The van der Waals surface area contributed by atoms with Crippen LogP contribution >= 0.6 is 0 Å². The Bertz CT molecular complexity index is 317. The molecule has 0 spiro atoms. The van der Waals surface area contributed by atoms with Crippen LogP contribution in [0.2, 0.25) is 0 Å². The number of aromatic nitrogens is 1. The number of amides is 1. The van der Waals surface area contributed by atoms with E-state index in [1.165, 1.54) is 0 Å². The SMILES string of the molecule is CC=Cc1ccc(OC(N)=O)nc1. The molecule has 1 aromatic rings. The number of ether oxygens (including phenoxy) is 1. The zero-order chi connectivity index (χ0) is 9.68. The molecule has 0 aliphatic rings. The average Bonchev–Trinajstić information content (AvgIpc) is 2.08. The van der Waals surface area contributed by atoms with Crippen molar-refractivity contribution in [2.45, 2.75) is 6.92 Å². The lowest BCUT2D eigenvalue weighted by Gasteiger charge is -1.98. The molecule has 13 heavy (non-hydrogen) atoms. The highest BCUT2D eigenvalue weighted by Gasteiger charge is 1.98. The van der Waals surface area contributed by atoms with E-state index in [2.05, 4.69) is 9.72 Å². The normalized spacial score (nSPS) is 10.2. The van der Waals surface area contributed by atoms with Gasteiger partial charge in [0.1, 0.15) is 0 Å². The van der Waals surface area contributed by atoms with Crippen LogP contribution in [0.3, 0.4) is 0 Å². The highest BCUT2D eigenvalue weighted by atomic mass is 16.6. The van der Waals surface area contributed by atoms with Gasteiger partial charge < -0.3 is 10.5 Å². The number of carbonyl (C=O) groups excluding carboxylic acids is 1. The molecule has 4 heteroatoms. The van der Waals surface area contributed by atoms with Crippen LogP contribution in [0.5, 0.6) is 5.88 Å². The average molecular weight is 178 g/mol. The maximum absolute atomic E-state index is 10.3. The summed E-state index contributed by atoms with van der Waals surface area (Å²) in [4.78, 5) is 14.2. The molecule has 0 bridgehead atoms. The fourth-order valence-corrected chi connectivity index (χ4v) is 0.846. The molecule has 0 saturated carbocycles. The fraction of sp³-hybridized carbons (Fsp3) is 0.111. The second kappa shape index (κ2) is 4.25. The molecule has 0 aliphatic carbocycles. The number of rotatable bonds is 2. The zero-order valence-electron chi connectivity index (χ0n) is 7.23. The Morgan fingerprint density at radius 2 is 2.38 bits per heavy atom. The molecular weight excluding hydrogens is 168 g/mol. The van der Waals surface area contributed by atoms with Crippen molar-refractivity contribution in [2.75, 3.05) is 0 Å². The van der Waals surface area contributed by atoms with E-state index in [-0.39, 0.29) is 5.88 Å². The third-order valence-corrected chi connectivity index (χ3v) is 1.32. The molecule has 1 rings (SSSR count). The van der Waals surface area contributed by atoms with Crippen molar-refractivity contribution in [3.8, 4) is 5.88 Å². The van der Waals surface area contributed by atoms with E-state index in [0.717, 1.165) is 5.56 Å². The Morgan fingerprint density at radius 3 is 2.85 bits per heavy atom. The number of primary amides is 1. The maximum Gasteiger partial charge on any atom is 0.411 e. The lowest BCUT2D eigenvalue weighted by atomic mass is 10.3. The maximum atomic E-state index is 10.3. The lowest BCUT2D eigenvalue weighted by molar-refractivity contribution is 0.209. The molecule has 0 unspecified atom stereocenters. The van der Waals surface area contributed by atoms with E-state index in [9.17, 15) is 4.79 Å². The molecule has 0 fully saturated rings. The summed E-state index contributed by atoms with van der Waals surface area (Å²) in [6, 6.07) is 3.37. The van der Waals surface area contributed by atoms with E-state index >= 15 is 0 Å². The Labute approximate surface area is 76.0 Å². The second-order valence-electron chi connectivity index (χ2n) is 2.35. The first-order valence-electron chi connectivity index (χ1n) is 3.78. The molecular formula is C9H10N2O2. The van der Waals surface area contributed by atoms with Crippen LogP contribution in [0.25, 0.3) is 6.08 Å². The highest BCUT2D eigenvalue weighted by Crippen LogP contribution is 2.08. The Morgan fingerprint density at radius 1 is 1.62 bits per heavy atom. The zero-order valence-corrected chi connectivity index (χ0v) is 7.23. The van der Waals surface area contributed by atoms with Gasteiger partial charge >= 0.3 is 6.09 Å². The van der Waals surface area contributed by atoms with Gasteiger partial charge in [0.25, 0.3) is 0 Å². The number of hydrogen-bond donors (Lipinski definition) is 1. The summed E-state index contributed by atoms with van der Waals surface area (Å²) in [6.45, 7) is 1.91. The fourth-order valence-electron chi connectivity index (χ4n) is 0.846. The van der Waals surface area contributed by atoms with Crippen molar-refractivity contribution in [3.05, 3.63) is 30.0 Å². The van der Waals surface area contributed by atoms with Gasteiger partial charge in [-0.25, -0.2) is 9.78 Å². The Kier molecular flexibility index (Phi) is 3.03. The van der Waals surface area contributed by atoms with Gasteiger partial charge in [0.05, 0.1) is 0 Å². The third kappa shape index (κ3) is 2.94. The number of nitrogens with zero attached hydrogens (tertiary/aromatic N) is 1. The predicted molar refractivity (Wildman–Crippen MR) is 49.2 cm³/mol. The molecule has 0 radical (unpaired) electrons. The molecule has 1 aromatic heterocycles. The van der Waals surface area contributed by atoms with Crippen molar-refractivity contribution in [1.29, 1.82) is 0 Å². The van der Waals surface area contributed by atoms with Gasteiger partial charge in [-0.3, -0.25) is 0 Å². The van der Waals surface area contributed by atoms with Crippen molar-refractivity contribution in [1.82, 2.24) is 4.98 Å². The minimum absolute atomic E-state index is 0.209. The summed E-state index contributed by atoms with van der Waals surface area (Å²) in [5, 5.41) is 0. The summed E-state index contributed by atoms with van der Waals surface area (Å²) < 4.78 is 4.55. The standard InChI is InChI=1S/C9H10N2O2/c1-2-3-7-4-5-8(11-6-7)13-9(10)12/h2-6H,1H3,(H2,10,12). The van der Waals surface area contributed by atoms with Gasteiger partial charge in [-0.05, 0) is 18.6 Å². The molecule has 4 nitrogen and oxygen atoms in total. The Hall–Kier alpha value is -1.84. The first-order valence-corrected chi connectivity index (χ1v) is 3.78. The van der Waals surface area contributed by atoms with Crippen molar-refractivity contribution >= 4 is 12.2 Å². The van der Waals surface area contributed by atoms with Crippen LogP contribution in [-0.4, -0.2) is 11.1 Å². The number of carbonyl (C=O) groups is 1. The molecule has 1 amide bonds. The first-order chi connectivity index (χ1) is 6.22. The quantitative estimate of drug-likeness (QED) is 0.747. The van der Waals surface area contributed by atoms with E-state index in [0.29, 0.717) is 0 Å². The number of pyridine rings is 1. The van der Waals surface area contributed by atoms with Crippen molar-refractivity contribution in [2.24, 2.45) is 5.73 Å². The van der Waals surface area contributed by atoms with Gasteiger partial charge in [0.15, 0.2) is 0 Å². The van der Waals surface area contributed by atoms with Gasteiger partial charge in [0.2, 0.25) is 5.88 Å². The number of hydrogen-bond acceptors (Lipinski definition) is 3. The predicted octanol–water partition coefficient (Wildman–Crippen LogP) is 1.57. The van der Waals surface area contributed by atoms with E-state index in [1.54, 1.807) is 18.3 Å². The van der Waals surface area contributed by atoms with Crippen LogP contribution in [0.15, 0.2) is 24.4 Å². The number of allylic oxidation sites excluding steroid dienone is 1. The van der Waals surface area contributed by atoms with Crippen molar-refractivity contribution < 1.29 is 9.53 Å². The van der Waals surface area contributed by atoms with Crippen molar-refractivity contribution in [3.63, 3.8) is 0 Å². The lowest BCUT2D eigenvalue weighted by Crippen LogP contribution is -2.16. The molecule has 2 N–H and O–H groups in total. The van der Waals surface area contributed by atoms with E-state index in [1.807, 2.05) is 19.1 Å². The smallest absolute Gasteiger partial charge is 0.391 e. The minimum Gasteiger partial charge on any atom is -0.391 e. The van der Waals surface area contributed by atoms with Crippen LogP contribution in [0.1, 0.15) is 12.5 Å². The molecule has 1 heterocycles. The largest absolute Gasteiger partial charge is 0.411 e. The summed E-state index contributed by atoms with van der Waals surface area (Å²) in [6.07, 6.45) is 4.52.